The van der Waals surface area contributed by atoms with Crippen molar-refractivity contribution in [2.75, 3.05) is 13.2 Å². The first-order valence-electron chi connectivity index (χ1n) is 7.71. The van der Waals surface area contributed by atoms with Crippen LogP contribution in [0, 0.1) is 5.92 Å². The maximum Gasteiger partial charge on any atom is 0.302 e. The fraction of sp³-hybridized carbons (Fsp3) is 0.474. The molecule has 0 aliphatic rings. The molecular formula is C19H29NO2. The Kier molecular flexibility index (Phi) is 11.7. The van der Waals surface area contributed by atoms with E-state index in [0.29, 0.717) is 13.2 Å². The maximum atomic E-state index is 10.6. The van der Waals surface area contributed by atoms with Gasteiger partial charge in [-0.05, 0) is 26.2 Å². The van der Waals surface area contributed by atoms with Gasteiger partial charge in [-0.2, -0.15) is 0 Å². The number of aliphatic imine (C=N–C) groups is 1. The number of ether oxygens (including phenoxy) is 1. The zero-order chi connectivity index (χ0) is 16.8. The smallest absolute Gasteiger partial charge is 0.302 e. The molecule has 0 saturated heterocycles. The molecule has 0 fully saturated rings. The van der Waals surface area contributed by atoms with Gasteiger partial charge in [-0.25, -0.2) is 0 Å². The second-order valence-electron chi connectivity index (χ2n) is 5.34. The molecule has 122 valence electrons. The minimum absolute atomic E-state index is 0.262. The van der Waals surface area contributed by atoms with Crippen molar-refractivity contribution < 1.29 is 9.53 Å². The number of rotatable bonds is 11. The molecule has 0 aliphatic heterocycles. The molecule has 0 aromatic carbocycles. The second-order valence-corrected chi connectivity index (χ2v) is 5.34. The van der Waals surface area contributed by atoms with Gasteiger partial charge in [0, 0.05) is 19.1 Å². The number of nitrogens with zero attached hydrogens (tertiary/aromatic N) is 1. The lowest BCUT2D eigenvalue weighted by Crippen LogP contribution is -2.03. The van der Waals surface area contributed by atoms with Gasteiger partial charge in [0.1, 0.15) is 6.61 Å². The standard InChI is InChI=1S/C19H29NO2/c1-6-16(2)9-7-10-17(3)11-8-12-18(4)15-20-13-14-22-19(5)21/h6,8,10,12,15,18H,1-2,7,9,11,13-14H2,3-5H3. The number of hydrogen-bond acceptors (Lipinski definition) is 3. The Morgan fingerprint density at radius 1 is 1.36 bits per heavy atom. The Hall–Kier alpha value is -1.90. The lowest BCUT2D eigenvalue weighted by atomic mass is 10.1. The van der Waals surface area contributed by atoms with Gasteiger partial charge in [0.2, 0.25) is 0 Å². The Bertz CT molecular complexity index is 444. The zero-order valence-corrected chi connectivity index (χ0v) is 14.2. The van der Waals surface area contributed by atoms with Crippen LogP contribution in [0.2, 0.25) is 0 Å². The van der Waals surface area contributed by atoms with Gasteiger partial charge in [0.05, 0.1) is 6.54 Å². The van der Waals surface area contributed by atoms with Crippen molar-refractivity contribution in [3.8, 4) is 0 Å². The third-order valence-corrected chi connectivity index (χ3v) is 2.99. The van der Waals surface area contributed by atoms with E-state index in [0.717, 1.165) is 24.8 Å². The van der Waals surface area contributed by atoms with Gasteiger partial charge in [-0.3, -0.25) is 9.79 Å². The van der Waals surface area contributed by atoms with Crippen molar-refractivity contribution in [3.63, 3.8) is 0 Å². The van der Waals surface area contributed by atoms with Gasteiger partial charge in [0.15, 0.2) is 0 Å². The minimum Gasteiger partial charge on any atom is -0.464 e. The van der Waals surface area contributed by atoms with E-state index in [1.54, 1.807) is 0 Å². The van der Waals surface area contributed by atoms with Crippen LogP contribution in [-0.4, -0.2) is 25.3 Å². The minimum atomic E-state index is -0.262. The van der Waals surface area contributed by atoms with Crippen molar-refractivity contribution in [2.45, 2.75) is 40.0 Å². The zero-order valence-electron chi connectivity index (χ0n) is 14.2. The first-order valence-corrected chi connectivity index (χ1v) is 7.71. The molecule has 0 aromatic rings. The van der Waals surface area contributed by atoms with Gasteiger partial charge >= 0.3 is 5.97 Å². The molecule has 0 amide bonds. The summed E-state index contributed by atoms with van der Waals surface area (Å²) in [4.78, 5) is 14.8. The van der Waals surface area contributed by atoms with E-state index < -0.39 is 0 Å². The van der Waals surface area contributed by atoms with Gasteiger partial charge in [-0.1, -0.05) is 55.5 Å². The Morgan fingerprint density at radius 2 is 2.09 bits per heavy atom. The summed E-state index contributed by atoms with van der Waals surface area (Å²) in [6, 6.07) is 0. The van der Waals surface area contributed by atoms with E-state index in [2.05, 4.69) is 50.2 Å². The molecule has 0 bridgehead atoms. The van der Waals surface area contributed by atoms with E-state index in [4.69, 9.17) is 4.74 Å². The molecule has 0 heterocycles. The summed E-state index contributed by atoms with van der Waals surface area (Å²) in [7, 11) is 0. The highest BCUT2D eigenvalue weighted by atomic mass is 16.5. The SMILES string of the molecule is C=CC(=C)CCC=C(C)CC=CC(C)C=NCCOC(C)=O. The number of esters is 1. The third-order valence-electron chi connectivity index (χ3n) is 2.99. The topological polar surface area (TPSA) is 38.7 Å². The van der Waals surface area contributed by atoms with Gasteiger partial charge in [-0.15, -0.1) is 0 Å². The molecule has 1 atom stereocenters. The van der Waals surface area contributed by atoms with E-state index in [-0.39, 0.29) is 11.9 Å². The normalized spacial score (nSPS) is 13.5. The fourth-order valence-electron chi connectivity index (χ4n) is 1.69. The molecule has 1 unspecified atom stereocenters. The van der Waals surface area contributed by atoms with Crippen LogP contribution >= 0.6 is 0 Å². The van der Waals surface area contributed by atoms with Crippen LogP contribution in [0.25, 0.3) is 0 Å². The van der Waals surface area contributed by atoms with Crippen LogP contribution in [0.1, 0.15) is 40.0 Å². The molecule has 3 heteroatoms. The molecular weight excluding hydrogens is 274 g/mol. The third kappa shape index (κ3) is 13.1. The molecule has 0 aromatic heterocycles. The summed E-state index contributed by atoms with van der Waals surface area (Å²) < 4.78 is 4.81. The van der Waals surface area contributed by atoms with E-state index in [9.17, 15) is 4.79 Å². The Labute approximate surface area is 135 Å². The van der Waals surface area contributed by atoms with E-state index in [1.165, 1.54) is 12.5 Å². The Morgan fingerprint density at radius 3 is 2.73 bits per heavy atom. The van der Waals surface area contributed by atoms with E-state index >= 15 is 0 Å². The van der Waals surface area contributed by atoms with Crippen molar-refractivity contribution in [1.29, 1.82) is 0 Å². The molecule has 0 aliphatic carbocycles. The molecule has 22 heavy (non-hydrogen) atoms. The first-order chi connectivity index (χ1) is 10.5. The van der Waals surface area contributed by atoms with Gasteiger partial charge < -0.3 is 4.74 Å². The quantitative estimate of drug-likeness (QED) is 0.183. The van der Waals surface area contributed by atoms with Crippen LogP contribution in [0.4, 0.5) is 0 Å². The molecule has 0 saturated carbocycles. The highest BCUT2D eigenvalue weighted by Gasteiger charge is 1.93. The van der Waals surface area contributed by atoms with Crippen molar-refractivity contribution in [1.82, 2.24) is 0 Å². The largest absolute Gasteiger partial charge is 0.464 e. The van der Waals surface area contributed by atoms with E-state index in [1.807, 2.05) is 12.3 Å². The number of carbonyl (C=O) groups is 1. The summed E-state index contributed by atoms with van der Waals surface area (Å²) in [6.45, 7) is 14.1. The molecule has 0 rings (SSSR count). The maximum absolute atomic E-state index is 10.6. The first kappa shape index (κ1) is 20.1. The summed E-state index contributed by atoms with van der Waals surface area (Å²) in [5.74, 6) is 0.0211. The van der Waals surface area contributed by atoms with Crippen molar-refractivity contribution >= 4 is 12.2 Å². The lowest BCUT2D eigenvalue weighted by molar-refractivity contribution is -0.140. The van der Waals surface area contributed by atoms with Crippen LogP contribution in [0.15, 0.2) is 53.6 Å². The summed E-state index contributed by atoms with van der Waals surface area (Å²) in [5.41, 5.74) is 2.44. The average Bonchev–Trinajstić information content (AvgIpc) is 2.46. The number of carbonyl (C=O) groups excluding carboxylic acids is 1. The molecule has 3 nitrogen and oxygen atoms in total. The van der Waals surface area contributed by atoms with Crippen molar-refractivity contribution in [3.05, 3.63) is 48.6 Å². The molecule has 0 radical (unpaired) electrons. The molecule has 0 spiro atoms. The number of allylic oxidation sites excluding steroid dienone is 6. The second kappa shape index (κ2) is 12.8. The van der Waals surface area contributed by atoms with Crippen LogP contribution in [0.3, 0.4) is 0 Å². The van der Waals surface area contributed by atoms with Crippen LogP contribution in [0.5, 0.6) is 0 Å². The highest BCUT2D eigenvalue weighted by Crippen LogP contribution is 2.09. The predicted molar refractivity (Wildman–Crippen MR) is 95.2 cm³/mol. The summed E-state index contributed by atoms with van der Waals surface area (Å²) in [5, 5.41) is 0. The highest BCUT2D eigenvalue weighted by molar-refractivity contribution is 5.66. The van der Waals surface area contributed by atoms with Gasteiger partial charge in [0.25, 0.3) is 0 Å². The summed E-state index contributed by atoms with van der Waals surface area (Å²) in [6.07, 6.45) is 13.2. The average molecular weight is 303 g/mol. The molecule has 0 N–H and O–H groups in total. The Balaban J connectivity index is 3.92. The monoisotopic (exact) mass is 303 g/mol. The van der Waals surface area contributed by atoms with Crippen LogP contribution < -0.4 is 0 Å². The van der Waals surface area contributed by atoms with Crippen molar-refractivity contribution in [2.24, 2.45) is 10.9 Å². The predicted octanol–water partition coefficient (Wildman–Crippen LogP) is 4.67. The fourth-order valence-corrected chi connectivity index (χ4v) is 1.69. The summed E-state index contributed by atoms with van der Waals surface area (Å²) >= 11 is 0. The number of hydrogen-bond donors (Lipinski definition) is 0. The van der Waals surface area contributed by atoms with Crippen LogP contribution in [-0.2, 0) is 9.53 Å². The lowest BCUT2D eigenvalue weighted by Gasteiger charge is -2.01.